The largest absolute Gasteiger partial charge is 0.500 e. The number of rotatable bonds is 8. The Balaban J connectivity index is 2.55. The monoisotopic (exact) mass is 322 g/mol. The van der Waals surface area contributed by atoms with Gasteiger partial charge in [0, 0.05) is 26.9 Å². The number of hydrogen-bond donors (Lipinski definition) is 0. The van der Waals surface area contributed by atoms with Gasteiger partial charge in [-0.25, -0.2) is 0 Å². The van der Waals surface area contributed by atoms with Crippen LogP contribution in [-0.2, 0) is 25.9 Å². The second-order valence-corrected chi connectivity index (χ2v) is 7.54. The van der Waals surface area contributed by atoms with Crippen molar-refractivity contribution in [3.05, 3.63) is 35.4 Å². The summed E-state index contributed by atoms with van der Waals surface area (Å²) < 4.78 is 53.7. The Morgan fingerprint density at radius 3 is 2.05 bits per heavy atom. The van der Waals surface area contributed by atoms with E-state index in [-0.39, 0.29) is 0 Å². The molecular weight excluding hydrogens is 301 g/mol. The van der Waals surface area contributed by atoms with Gasteiger partial charge in [-0.2, -0.15) is 13.2 Å². The molecule has 21 heavy (non-hydrogen) atoms. The molecule has 0 saturated carbocycles. The predicted molar refractivity (Wildman–Crippen MR) is 76.0 cm³/mol. The minimum Gasteiger partial charge on any atom is -0.377 e. The zero-order valence-electron chi connectivity index (χ0n) is 12.5. The highest BCUT2D eigenvalue weighted by Crippen LogP contribution is 2.29. The van der Waals surface area contributed by atoms with Gasteiger partial charge in [-0.3, -0.25) is 0 Å². The van der Waals surface area contributed by atoms with E-state index < -0.39 is 20.5 Å². The standard InChI is InChI=1S/C14H21F3O3Si/c1-4-20-21(18-2,19-3)11-5-6-12-7-9-13(10-8-12)14(15,16)17/h7-10H,4-6,11H2,1-3H3. The molecule has 120 valence electrons. The number of aryl methyl sites for hydroxylation is 1. The summed E-state index contributed by atoms with van der Waals surface area (Å²) in [6.07, 6.45) is -2.90. The summed E-state index contributed by atoms with van der Waals surface area (Å²) in [5.74, 6) is 0. The number of benzene rings is 1. The molecule has 0 saturated heterocycles. The summed E-state index contributed by atoms with van der Waals surface area (Å²) in [4.78, 5) is 0. The van der Waals surface area contributed by atoms with Crippen LogP contribution in [0.15, 0.2) is 24.3 Å². The molecule has 1 aromatic carbocycles. The Morgan fingerprint density at radius 2 is 1.62 bits per heavy atom. The van der Waals surface area contributed by atoms with Crippen molar-refractivity contribution >= 4 is 8.80 Å². The van der Waals surface area contributed by atoms with Crippen molar-refractivity contribution in [2.45, 2.75) is 32.0 Å². The molecule has 3 nitrogen and oxygen atoms in total. The zero-order valence-corrected chi connectivity index (χ0v) is 13.5. The van der Waals surface area contributed by atoms with Crippen molar-refractivity contribution in [2.24, 2.45) is 0 Å². The van der Waals surface area contributed by atoms with E-state index in [1.54, 1.807) is 14.2 Å². The Bertz CT molecular complexity index is 416. The van der Waals surface area contributed by atoms with E-state index >= 15 is 0 Å². The Kier molecular flexibility index (Phi) is 6.86. The first kappa shape index (κ1) is 18.2. The lowest BCUT2D eigenvalue weighted by Gasteiger charge is -2.25. The maximum Gasteiger partial charge on any atom is 0.500 e. The van der Waals surface area contributed by atoms with Gasteiger partial charge in [0.15, 0.2) is 0 Å². The van der Waals surface area contributed by atoms with Crippen LogP contribution in [0.1, 0.15) is 24.5 Å². The fourth-order valence-electron chi connectivity index (χ4n) is 2.07. The zero-order chi connectivity index (χ0) is 15.9. The summed E-state index contributed by atoms with van der Waals surface area (Å²) in [5.41, 5.74) is 0.229. The van der Waals surface area contributed by atoms with Gasteiger partial charge in [-0.05, 0) is 37.5 Å². The fourth-order valence-corrected chi connectivity index (χ4v) is 4.07. The van der Waals surface area contributed by atoms with Gasteiger partial charge >= 0.3 is 15.0 Å². The van der Waals surface area contributed by atoms with E-state index in [0.29, 0.717) is 19.1 Å². The fraction of sp³-hybridized carbons (Fsp3) is 0.571. The lowest BCUT2D eigenvalue weighted by molar-refractivity contribution is -0.137. The number of halogens is 3. The second kappa shape index (κ2) is 7.93. The third-order valence-corrected chi connectivity index (χ3v) is 6.15. The molecule has 0 heterocycles. The van der Waals surface area contributed by atoms with Crippen LogP contribution in [0.25, 0.3) is 0 Å². The maximum atomic E-state index is 12.5. The van der Waals surface area contributed by atoms with Crippen LogP contribution in [0.2, 0.25) is 6.04 Å². The number of alkyl halides is 3. The van der Waals surface area contributed by atoms with Crippen molar-refractivity contribution < 1.29 is 26.4 Å². The quantitative estimate of drug-likeness (QED) is 0.679. The van der Waals surface area contributed by atoms with Crippen LogP contribution in [0, 0.1) is 0 Å². The van der Waals surface area contributed by atoms with Crippen molar-refractivity contribution in [1.82, 2.24) is 0 Å². The summed E-state index contributed by atoms with van der Waals surface area (Å²) in [7, 11) is 0.500. The average Bonchev–Trinajstić information content (AvgIpc) is 2.46. The number of hydrogen-bond acceptors (Lipinski definition) is 3. The third-order valence-electron chi connectivity index (χ3n) is 3.22. The molecule has 7 heteroatoms. The molecular formula is C14H21F3O3Si. The molecule has 0 spiro atoms. The van der Waals surface area contributed by atoms with Crippen LogP contribution in [-0.4, -0.2) is 29.6 Å². The van der Waals surface area contributed by atoms with Crippen molar-refractivity contribution in [3.8, 4) is 0 Å². The summed E-state index contributed by atoms with van der Waals surface area (Å²) in [6, 6.07) is 5.86. The van der Waals surface area contributed by atoms with Gasteiger partial charge in [0.2, 0.25) is 0 Å². The smallest absolute Gasteiger partial charge is 0.377 e. The van der Waals surface area contributed by atoms with Crippen LogP contribution in [0.3, 0.4) is 0 Å². The second-order valence-electron chi connectivity index (χ2n) is 4.57. The minimum atomic E-state index is -4.29. The molecule has 0 amide bonds. The van der Waals surface area contributed by atoms with E-state index in [4.69, 9.17) is 13.3 Å². The van der Waals surface area contributed by atoms with Crippen molar-refractivity contribution in [3.63, 3.8) is 0 Å². The summed E-state index contributed by atoms with van der Waals surface area (Å²) >= 11 is 0. The molecule has 0 atom stereocenters. The molecule has 0 N–H and O–H groups in total. The molecule has 0 fully saturated rings. The highest BCUT2D eigenvalue weighted by molar-refractivity contribution is 6.60. The van der Waals surface area contributed by atoms with Gasteiger partial charge in [0.25, 0.3) is 0 Å². The molecule has 0 radical (unpaired) electrons. The first-order chi connectivity index (χ1) is 9.87. The Hall–Kier alpha value is -0.893. The SMILES string of the molecule is CCO[Si](CCCc1ccc(C(F)(F)F)cc1)(OC)OC. The van der Waals surface area contributed by atoms with Gasteiger partial charge in [-0.15, -0.1) is 0 Å². The highest BCUT2D eigenvalue weighted by atomic mass is 28.4. The van der Waals surface area contributed by atoms with E-state index in [1.165, 1.54) is 12.1 Å². The van der Waals surface area contributed by atoms with Crippen LogP contribution < -0.4 is 0 Å². The summed E-state index contributed by atoms with van der Waals surface area (Å²) in [6.45, 7) is 2.38. The molecule has 1 rings (SSSR count). The topological polar surface area (TPSA) is 27.7 Å². The highest BCUT2D eigenvalue weighted by Gasteiger charge is 2.37. The van der Waals surface area contributed by atoms with E-state index in [0.717, 1.165) is 24.1 Å². The molecule has 0 aliphatic heterocycles. The molecule has 1 aromatic rings. The maximum absolute atomic E-state index is 12.5. The third kappa shape index (κ3) is 5.42. The van der Waals surface area contributed by atoms with E-state index in [1.807, 2.05) is 6.92 Å². The van der Waals surface area contributed by atoms with Crippen LogP contribution in [0.4, 0.5) is 13.2 Å². The normalized spacial score (nSPS) is 12.7. The van der Waals surface area contributed by atoms with Crippen molar-refractivity contribution in [2.75, 3.05) is 20.8 Å². The van der Waals surface area contributed by atoms with Gasteiger partial charge in [0.05, 0.1) is 5.56 Å². The molecule has 0 aliphatic carbocycles. The predicted octanol–water partition coefficient (Wildman–Crippen LogP) is 3.91. The lowest BCUT2D eigenvalue weighted by atomic mass is 10.1. The summed E-state index contributed by atoms with van der Waals surface area (Å²) in [5, 5.41) is 0. The van der Waals surface area contributed by atoms with Gasteiger partial charge < -0.3 is 13.3 Å². The minimum absolute atomic E-state index is 0.508. The van der Waals surface area contributed by atoms with E-state index in [9.17, 15) is 13.2 Å². The molecule has 0 unspecified atom stereocenters. The average molecular weight is 322 g/mol. The first-order valence-corrected chi connectivity index (χ1v) is 8.70. The molecule has 0 aromatic heterocycles. The molecule has 0 bridgehead atoms. The Morgan fingerprint density at radius 1 is 1.05 bits per heavy atom. The van der Waals surface area contributed by atoms with Gasteiger partial charge in [0.1, 0.15) is 0 Å². The first-order valence-electron chi connectivity index (χ1n) is 6.77. The van der Waals surface area contributed by atoms with Gasteiger partial charge in [-0.1, -0.05) is 12.1 Å². The lowest BCUT2D eigenvalue weighted by Crippen LogP contribution is -2.43. The van der Waals surface area contributed by atoms with Crippen molar-refractivity contribution in [1.29, 1.82) is 0 Å². The molecule has 0 aliphatic rings. The van der Waals surface area contributed by atoms with Crippen LogP contribution in [0.5, 0.6) is 0 Å². The van der Waals surface area contributed by atoms with Crippen LogP contribution >= 0.6 is 0 Å². The Labute approximate surface area is 124 Å². The van der Waals surface area contributed by atoms with E-state index in [2.05, 4.69) is 0 Å².